The number of rotatable bonds is 5. The average molecular weight is 351 g/mol. The molecule has 0 saturated carbocycles. The quantitative estimate of drug-likeness (QED) is 0.728. The second-order valence-electron chi connectivity index (χ2n) is 7.04. The molecule has 4 heteroatoms. The summed E-state index contributed by atoms with van der Waals surface area (Å²) in [5.74, 6) is 0.695. The van der Waals surface area contributed by atoms with E-state index in [2.05, 4.69) is 0 Å². The van der Waals surface area contributed by atoms with E-state index in [0.717, 1.165) is 5.56 Å². The molecule has 2 unspecified atom stereocenters. The smallest absolute Gasteiger partial charge is 0.268 e. The summed E-state index contributed by atoms with van der Waals surface area (Å²) < 4.78 is 5.99. The number of ketones is 1. The van der Waals surface area contributed by atoms with Crippen LogP contribution in [0.1, 0.15) is 56.1 Å². The Morgan fingerprint density at radius 2 is 1.81 bits per heavy atom. The molecule has 0 bridgehead atoms. The number of nitrogens with zero attached hydrogens (tertiary/aromatic N) is 1. The second kappa shape index (κ2) is 7.32. The van der Waals surface area contributed by atoms with Gasteiger partial charge in [-0.05, 0) is 36.6 Å². The van der Waals surface area contributed by atoms with E-state index in [9.17, 15) is 9.59 Å². The molecule has 0 aromatic heterocycles. The van der Waals surface area contributed by atoms with E-state index < -0.39 is 6.10 Å². The number of anilines is 1. The highest BCUT2D eigenvalue weighted by Crippen LogP contribution is 2.41. The molecule has 1 aliphatic rings. The van der Waals surface area contributed by atoms with Gasteiger partial charge in [-0.3, -0.25) is 14.5 Å². The standard InChI is InChI=1S/C22H25NO3/c1-5-19(24)17-11-12-20-18(13-17)23(22(25)21(26-20)14(2)3)15(4)16-9-7-6-8-10-16/h6-15,21H,5H2,1-4H3. The Hall–Kier alpha value is -2.62. The zero-order valence-electron chi connectivity index (χ0n) is 15.7. The van der Waals surface area contributed by atoms with Crippen LogP contribution in [0, 0.1) is 5.92 Å². The van der Waals surface area contributed by atoms with Crippen molar-refractivity contribution in [2.24, 2.45) is 5.92 Å². The fraction of sp³-hybridized carbons (Fsp3) is 0.364. The van der Waals surface area contributed by atoms with Crippen molar-refractivity contribution in [3.63, 3.8) is 0 Å². The number of ether oxygens (including phenoxy) is 1. The van der Waals surface area contributed by atoms with E-state index in [1.165, 1.54) is 0 Å². The zero-order valence-corrected chi connectivity index (χ0v) is 15.7. The van der Waals surface area contributed by atoms with Gasteiger partial charge in [-0.25, -0.2) is 0 Å². The SMILES string of the molecule is CCC(=O)c1ccc2c(c1)N(C(C)c1ccccc1)C(=O)C(C(C)C)O2. The number of hydrogen-bond acceptors (Lipinski definition) is 3. The van der Waals surface area contributed by atoms with E-state index in [0.29, 0.717) is 23.4 Å². The molecule has 3 rings (SSSR count). The minimum Gasteiger partial charge on any atom is -0.478 e. The number of amides is 1. The Morgan fingerprint density at radius 1 is 1.12 bits per heavy atom. The second-order valence-corrected chi connectivity index (χ2v) is 7.04. The molecule has 0 radical (unpaired) electrons. The van der Waals surface area contributed by atoms with Crippen molar-refractivity contribution in [1.29, 1.82) is 0 Å². The number of carbonyl (C=O) groups excluding carboxylic acids is 2. The predicted molar refractivity (Wildman–Crippen MR) is 103 cm³/mol. The minimum absolute atomic E-state index is 0.0538. The van der Waals surface area contributed by atoms with Gasteiger partial charge in [0, 0.05) is 12.0 Å². The van der Waals surface area contributed by atoms with Gasteiger partial charge >= 0.3 is 0 Å². The normalized spacial score (nSPS) is 17.7. The van der Waals surface area contributed by atoms with Gasteiger partial charge in [0.25, 0.3) is 5.91 Å². The van der Waals surface area contributed by atoms with E-state index in [1.807, 2.05) is 64.1 Å². The van der Waals surface area contributed by atoms with Crippen LogP contribution < -0.4 is 9.64 Å². The first-order valence-electron chi connectivity index (χ1n) is 9.16. The molecular weight excluding hydrogens is 326 g/mol. The summed E-state index contributed by atoms with van der Waals surface area (Å²) >= 11 is 0. The van der Waals surface area contributed by atoms with Gasteiger partial charge in [0.05, 0.1) is 11.7 Å². The molecule has 1 amide bonds. The van der Waals surface area contributed by atoms with Crippen LogP contribution in [-0.4, -0.2) is 17.8 Å². The molecule has 0 saturated heterocycles. The lowest BCUT2D eigenvalue weighted by molar-refractivity contribution is -0.128. The topological polar surface area (TPSA) is 46.6 Å². The Kier molecular flexibility index (Phi) is 5.12. The van der Waals surface area contributed by atoms with Crippen LogP contribution in [0.15, 0.2) is 48.5 Å². The van der Waals surface area contributed by atoms with Gasteiger partial charge < -0.3 is 4.74 Å². The van der Waals surface area contributed by atoms with Crippen molar-refractivity contribution in [3.05, 3.63) is 59.7 Å². The maximum atomic E-state index is 13.2. The summed E-state index contributed by atoms with van der Waals surface area (Å²) in [4.78, 5) is 27.1. The highest BCUT2D eigenvalue weighted by atomic mass is 16.5. The number of fused-ring (bicyclic) bond motifs is 1. The first-order chi connectivity index (χ1) is 12.4. The third kappa shape index (κ3) is 3.24. The molecule has 0 spiro atoms. The van der Waals surface area contributed by atoms with E-state index in [1.54, 1.807) is 17.0 Å². The Bertz CT molecular complexity index is 813. The first kappa shape index (κ1) is 18.2. The van der Waals surface area contributed by atoms with Gasteiger partial charge in [0.15, 0.2) is 11.9 Å². The van der Waals surface area contributed by atoms with Crippen molar-refractivity contribution < 1.29 is 14.3 Å². The minimum atomic E-state index is -0.526. The molecule has 1 heterocycles. The van der Waals surface area contributed by atoms with E-state index in [-0.39, 0.29) is 23.7 Å². The Balaban J connectivity index is 2.11. The van der Waals surface area contributed by atoms with Crippen molar-refractivity contribution >= 4 is 17.4 Å². The molecule has 1 aliphatic heterocycles. The molecule has 26 heavy (non-hydrogen) atoms. The predicted octanol–water partition coefficient (Wildman–Crippen LogP) is 4.79. The van der Waals surface area contributed by atoms with Crippen molar-refractivity contribution in [3.8, 4) is 5.75 Å². The van der Waals surface area contributed by atoms with Gasteiger partial charge in [-0.2, -0.15) is 0 Å². The lowest BCUT2D eigenvalue weighted by Crippen LogP contribution is -2.49. The van der Waals surface area contributed by atoms with Crippen LogP contribution in [-0.2, 0) is 4.79 Å². The van der Waals surface area contributed by atoms with Crippen LogP contribution in [0.25, 0.3) is 0 Å². The van der Waals surface area contributed by atoms with Gasteiger partial charge in [0.2, 0.25) is 0 Å². The third-order valence-corrected chi connectivity index (χ3v) is 4.87. The zero-order chi connectivity index (χ0) is 18.8. The van der Waals surface area contributed by atoms with Crippen LogP contribution in [0.4, 0.5) is 5.69 Å². The van der Waals surface area contributed by atoms with Gasteiger partial charge in [-0.1, -0.05) is 51.1 Å². The molecule has 136 valence electrons. The summed E-state index contributed by atoms with van der Waals surface area (Å²) in [5.41, 5.74) is 2.32. The van der Waals surface area contributed by atoms with Crippen molar-refractivity contribution in [2.45, 2.75) is 46.3 Å². The summed E-state index contributed by atoms with van der Waals surface area (Å²) in [5, 5.41) is 0. The van der Waals surface area contributed by atoms with Crippen LogP contribution >= 0.6 is 0 Å². The summed E-state index contributed by atoms with van der Waals surface area (Å²) in [7, 11) is 0. The van der Waals surface area contributed by atoms with Gasteiger partial charge in [0.1, 0.15) is 5.75 Å². The Labute approximate surface area is 154 Å². The van der Waals surface area contributed by atoms with E-state index >= 15 is 0 Å². The van der Waals surface area contributed by atoms with Crippen LogP contribution in [0.3, 0.4) is 0 Å². The largest absolute Gasteiger partial charge is 0.478 e. The molecule has 0 fully saturated rings. The molecular formula is C22H25NO3. The van der Waals surface area contributed by atoms with Gasteiger partial charge in [-0.15, -0.1) is 0 Å². The third-order valence-electron chi connectivity index (χ3n) is 4.87. The molecule has 2 atom stereocenters. The number of carbonyl (C=O) groups is 2. The first-order valence-corrected chi connectivity index (χ1v) is 9.16. The molecule has 2 aromatic carbocycles. The molecule has 2 aromatic rings. The maximum Gasteiger partial charge on any atom is 0.268 e. The lowest BCUT2D eigenvalue weighted by Gasteiger charge is -2.39. The maximum absolute atomic E-state index is 13.2. The summed E-state index contributed by atoms with van der Waals surface area (Å²) in [6.07, 6.45) is -0.0995. The fourth-order valence-corrected chi connectivity index (χ4v) is 3.33. The van der Waals surface area contributed by atoms with E-state index in [4.69, 9.17) is 4.74 Å². The van der Waals surface area contributed by atoms with Crippen molar-refractivity contribution in [2.75, 3.05) is 4.90 Å². The molecule has 4 nitrogen and oxygen atoms in total. The summed E-state index contributed by atoms with van der Waals surface area (Å²) in [6.45, 7) is 7.80. The average Bonchev–Trinajstić information content (AvgIpc) is 2.66. The highest BCUT2D eigenvalue weighted by Gasteiger charge is 2.39. The molecule has 0 N–H and O–H groups in total. The number of Topliss-reactive ketones (excluding diaryl/α,β-unsaturated/α-hetero) is 1. The molecule has 0 aliphatic carbocycles. The number of benzene rings is 2. The van der Waals surface area contributed by atoms with Crippen LogP contribution in [0.2, 0.25) is 0 Å². The lowest BCUT2D eigenvalue weighted by atomic mass is 9.98. The number of hydrogen-bond donors (Lipinski definition) is 0. The highest BCUT2D eigenvalue weighted by molar-refractivity contribution is 6.03. The van der Waals surface area contributed by atoms with Crippen LogP contribution in [0.5, 0.6) is 5.75 Å². The monoisotopic (exact) mass is 351 g/mol. The Morgan fingerprint density at radius 3 is 2.42 bits per heavy atom. The van der Waals surface area contributed by atoms with Crippen molar-refractivity contribution in [1.82, 2.24) is 0 Å². The summed E-state index contributed by atoms with van der Waals surface area (Å²) in [6, 6.07) is 15.1. The fourth-order valence-electron chi connectivity index (χ4n) is 3.33.